The number of fused-ring (bicyclic) bond motifs is 2. The molecule has 0 aromatic heterocycles. The number of rotatable bonds is 4. The van der Waals surface area contributed by atoms with Crippen LogP contribution in [0.15, 0.2) is 30.3 Å². The average Bonchev–Trinajstić information content (AvgIpc) is 2.80. The van der Waals surface area contributed by atoms with Crippen LogP contribution in [0.3, 0.4) is 0 Å². The number of hydrogen-bond donors (Lipinski definition) is 2. The second-order valence-corrected chi connectivity index (χ2v) is 8.58. The van der Waals surface area contributed by atoms with Gasteiger partial charge in [-0.25, -0.2) is 0 Å². The first-order valence-corrected chi connectivity index (χ1v) is 9.73. The van der Waals surface area contributed by atoms with Crippen molar-refractivity contribution in [2.24, 2.45) is 0 Å². The number of nitrogens with one attached hydrogen (secondary N) is 1. The fraction of sp³-hybridized carbons (Fsp3) is 0.533. The Morgan fingerprint density at radius 2 is 2.20 bits per heavy atom. The predicted octanol–water partition coefficient (Wildman–Crippen LogP) is -2.14. The third-order valence-electron chi connectivity index (χ3n) is 3.85. The Balaban J connectivity index is 1.63. The molecule has 0 radical (unpaired) electrons. The summed E-state index contributed by atoms with van der Waals surface area (Å²) in [5.41, 5.74) is 0.823. The van der Waals surface area contributed by atoms with E-state index >= 15 is 0 Å². The maximum absolute atomic E-state index is 12.3. The summed E-state index contributed by atoms with van der Waals surface area (Å²) in [6, 6.07) is 9.92. The van der Waals surface area contributed by atoms with Crippen LogP contribution in [0.4, 0.5) is 0 Å². The molecule has 2 N–H and O–H groups in total. The van der Waals surface area contributed by atoms with Gasteiger partial charge in [-0.1, -0.05) is 0 Å². The van der Waals surface area contributed by atoms with Crippen LogP contribution in [0.25, 0.3) is 0 Å². The summed E-state index contributed by atoms with van der Waals surface area (Å²) in [5, 5.41) is 13.1. The molecule has 5 heteroatoms. The van der Waals surface area contributed by atoms with E-state index in [0.717, 1.165) is 18.4 Å². The number of piperidine rings is 1. The fourth-order valence-corrected chi connectivity index (χ4v) is 6.34. The SMILES string of the molecule is O=C(OC1CC2C[I-]C(C1)N2)C(CO)c1ccccc1. The first-order chi connectivity index (χ1) is 9.76. The van der Waals surface area contributed by atoms with Gasteiger partial charge >= 0.3 is 129 Å². The van der Waals surface area contributed by atoms with Crippen molar-refractivity contribution in [2.75, 3.05) is 11.0 Å². The van der Waals surface area contributed by atoms with E-state index in [2.05, 4.69) is 5.32 Å². The minimum atomic E-state index is -0.557. The molecule has 2 fully saturated rings. The number of benzene rings is 1. The molecule has 4 nitrogen and oxygen atoms in total. The van der Waals surface area contributed by atoms with Crippen molar-refractivity contribution >= 4 is 5.97 Å². The van der Waals surface area contributed by atoms with E-state index in [1.165, 1.54) is 4.43 Å². The van der Waals surface area contributed by atoms with Gasteiger partial charge in [0.15, 0.2) is 0 Å². The van der Waals surface area contributed by atoms with Crippen molar-refractivity contribution in [3.8, 4) is 0 Å². The van der Waals surface area contributed by atoms with Crippen molar-refractivity contribution in [3.05, 3.63) is 35.9 Å². The zero-order valence-electron chi connectivity index (χ0n) is 11.2. The fourth-order valence-electron chi connectivity index (χ4n) is 2.81. The molecule has 4 atom stereocenters. The molecular formula is C15H19INO3-. The van der Waals surface area contributed by atoms with Crippen LogP contribution in [0.2, 0.25) is 0 Å². The molecular weight excluding hydrogens is 369 g/mol. The van der Waals surface area contributed by atoms with Crippen molar-refractivity contribution in [3.63, 3.8) is 0 Å². The number of halogens is 1. The summed E-state index contributed by atoms with van der Waals surface area (Å²) in [5.74, 6) is -0.846. The van der Waals surface area contributed by atoms with E-state index < -0.39 is 5.92 Å². The summed E-state index contributed by atoms with van der Waals surface area (Å²) < 4.78 is 7.56. The van der Waals surface area contributed by atoms with Gasteiger partial charge in [-0.2, -0.15) is 0 Å². The van der Waals surface area contributed by atoms with Crippen molar-refractivity contribution in [1.82, 2.24) is 5.32 Å². The Kier molecular flexibility index (Phi) is 4.58. The number of ether oxygens (including phenoxy) is 1. The van der Waals surface area contributed by atoms with Crippen LogP contribution in [-0.4, -0.2) is 38.3 Å². The number of hydrogen-bond acceptors (Lipinski definition) is 4. The zero-order valence-corrected chi connectivity index (χ0v) is 13.3. The molecule has 0 amide bonds. The third kappa shape index (κ3) is 3.15. The maximum atomic E-state index is 12.3. The molecule has 0 spiro atoms. The first kappa shape index (κ1) is 14.3. The molecule has 3 rings (SSSR count). The first-order valence-electron chi connectivity index (χ1n) is 6.96. The second kappa shape index (κ2) is 6.41. The standard InChI is InChI=1S/C15H19INO3/c18-9-13(10-4-2-1-3-5-10)15(19)20-12-6-11-8-16-14(7-12)17-11/h1-5,11-14,17-18H,6-9H2/q-1. The van der Waals surface area contributed by atoms with Gasteiger partial charge in [0, 0.05) is 0 Å². The van der Waals surface area contributed by atoms with Gasteiger partial charge in [0.1, 0.15) is 0 Å². The van der Waals surface area contributed by atoms with Crippen LogP contribution in [0.1, 0.15) is 24.3 Å². The molecule has 2 aliphatic rings. The van der Waals surface area contributed by atoms with Crippen LogP contribution >= 0.6 is 0 Å². The third-order valence-corrected chi connectivity index (χ3v) is 7.35. The van der Waals surface area contributed by atoms with Crippen molar-refractivity contribution in [2.45, 2.75) is 35.0 Å². The van der Waals surface area contributed by atoms with E-state index in [1.54, 1.807) is 0 Å². The molecule has 2 bridgehead atoms. The number of alkyl halides is 2. The molecule has 4 unspecified atom stereocenters. The van der Waals surface area contributed by atoms with Gasteiger partial charge in [0.05, 0.1) is 0 Å². The quantitative estimate of drug-likeness (QED) is 0.268. The molecule has 2 saturated heterocycles. The molecule has 1 aromatic carbocycles. The summed E-state index contributed by atoms with van der Waals surface area (Å²) in [6.45, 7) is -0.201. The molecule has 1 aromatic rings. The Morgan fingerprint density at radius 1 is 1.40 bits per heavy atom. The van der Waals surface area contributed by atoms with E-state index in [4.69, 9.17) is 4.74 Å². The van der Waals surface area contributed by atoms with Gasteiger partial charge in [-0.3, -0.25) is 0 Å². The molecule has 20 heavy (non-hydrogen) atoms. The van der Waals surface area contributed by atoms with Gasteiger partial charge in [0.25, 0.3) is 0 Å². The van der Waals surface area contributed by atoms with Crippen molar-refractivity contribution in [1.29, 1.82) is 0 Å². The summed E-state index contributed by atoms with van der Waals surface area (Å²) in [6.07, 6.45) is 1.90. The number of carbonyl (C=O) groups is 1. The monoisotopic (exact) mass is 388 g/mol. The van der Waals surface area contributed by atoms with E-state index in [9.17, 15) is 9.90 Å². The van der Waals surface area contributed by atoms with Gasteiger partial charge < -0.3 is 0 Å². The Morgan fingerprint density at radius 3 is 2.90 bits per heavy atom. The number of aliphatic hydroxyl groups is 1. The Labute approximate surface area is 129 Å². The summed E-state index contributed by atoms with van der Waals surface area (Å²) in [4.78, 5) is 12.3. The van der Waals surface area contributed by atoms with Crippen LogP contribution in [0.5, 0.6) is 0 Å². The second-order valence-electron chi connectivity index (χ2n) is 5.32. The summed E-state index contributed by atoms with van der Waals surface area (Å²) >= 11 is 0.229. The number of esters is 1. The Hall–Kier alpha value is -0.660. The molecule has 0 aliphatic carbocycles. The number of aliphatic hydroxyl groups excluding tert-OH is 1. The van der Waals surface area contributed by atoms with E-state index in [-0.39, 0.29) is 39.9 Å². The van der Waals surface area contributed by atoms with Crippen LogP contribution in [0, 0.1) is 0 Å². The van der Waals surface area contributed by atoms with E-state index in [1.807, 2.05) is 30.3 Å². The van der Waals surface area contributed by atoms with Gasteiger partial charge in [-0.05, 0) is 0 Å². The Bertz CT molecular complexity index is 455. The summed E-state index contributed by atoms with van der Waals surface area (Å²) in [7, 11) is 0. The van der Waals surface area contributed by atoms with E-state index in [0.29, 0.717) is 10.1 Å². The molecule has 2 aliphatic heterocycles. The van der Waals surface area contributed by atoms with Crippen LogP contribution in [-0.2, 0) is 9.53 Å². The average molecular weight is 388 g/mol. The van der Waals surface area contributed by atoms with Crippen molar-refractivity contribution < 1.29 is 35.8 Å². The number of carbonyl (C=O) groups excluding carboxylic acids is 1. The normalized spacial score (nSPS) is 30.4. The molecule has 2 heterocycles. The topological polar surface area (TPSA) is 58.6 Å². The molecule has 0 saturated carbocycles. The predicted molar refractivity (Wildman–Crippen MR) is 71.0 cm³/mol. The van der Waals surface area contributed by atoms with Gasteiger partial charge in [0.2, 0.25) is 0 Å². The van der Waals surface area contributed by atoms with Gasteiger partial charge in [-0.15, -0.1) is 0 Å². The molecule has 110 valence electrons. The zero-order chi connectivity index (χ0) is 13.9. The minimum absolute atomic E-state index is 0.0266. The van der Waals surface area contributed by atoms with Crippen LogP contribution < -0.4 is 26.5 Å².